The average Bonchev–Trinajstić information content (AvgIpc) is 3.31. The van der Waals surface area contributed by atoms with Gasteiger partial charge in [-0.25, -0.2) is 5.01 Å². The third-order valence-electron chi connectivity index (χ3n) is 7.19. The number of nitrogens with zero attached hydrogens (tertiary/aromatic N) is 2. The van der Waals surface area contributed by atoms with E-state index < -0.39 is 16.0 Å². The summed E-state index contributed by atoms with van der Waals surface area (Å²) in [5.74, 6) is -0.151. The number of hydrogen-bond acceptors (Lipinski definition) is 5. The van der Waals surface area contributed by atoms with E-state index in [0.29, 0.717) is 18.0 Å². The fraction of sp³-hybridized carbons (Fsp3) is 0.548. The SMILES string of the molecule is CCCCCCCCCCCCCCCCOc1ccccc1[C@@H]1C=NN(c2ccc(S(=O)(=O)O)cc2)C1=O. The van der Waals surface area contributed by atoms with Crippen LogP contribution >= 0.6 is 0 Å². The van der Waals surface area contributed by atoms with Crippen LogP contribution in [0.2, 0.25) is 0 Å². The molecule has 0 saturated heterocycles. The topological polar surface area (TPSA) is 96.3 Å². The lowest BCUT2D eigenvalue weighted by Crippen LogP contribution is -2.25. The highest BCUT2D eigenvalue weighted by atomic mass is 32.2. The highest BCUT2D eigenvalue weighted by Gasteiger charge is 2.33. The van der Waals surface area contributed by atoms with Crippen LogP contribution in [-0.2, 0) is 14.9 Å². The van der Waals surface area contributed by atoms with Gasteiger partial charge in [-0.15, -0.1) is 0 Å². The quantitative estimate of drug-likeness (QED) is 0.140. The zero-order valence-electron chi connectivity index (χ0n) is 23.3. The molecule has 0 saturated carbocycles. The highest BCUT2D eigenvalue weighted by molar-refractivity contribution is 7.85. The van der Waals surface area contributed by atoms with Gasteiger partial charge in [-0.1, -0.05) is 109 Å². The molecule has 8 heteroatoms. The van der Waals surface area contributed by atoms with E-state index in [9.17, 15) is 17.8 Å². The second kappa shape index (κ2) is 16.4. The van der Waals surface area contributed by atoms with E-state index >= 15 is 0 Å². The van der Waals surface area contributed by atoms with Crippen molar-refractivity contribution in [2.24, 2.45) is 5.10 Å². The molecule has 1 heterocycles. The lowest BCUT2D eigenvalue weighted by molar-refractivity contribution is -0.118. The summed E-state index contributed by atoms with van der Waals surface area (Å²) < 4.78 is 37.8. The van der Waals surface area contributed by atoms with Crippen LogP contribution in [0.5, 0.6) is 5.75 Å². The van der Waals surface area contributed by atoms with Crippen molar-refractivity contribution >= 4 is 27.9 Å². The van der Waals surface area contributed by atoms with E-state index in [1.165, 1.54) is 106 Å². The Kier molecular flexibility index (Phi) is 13.0. The Hall–Kier alpha value is -2.71. The zero-order chi connectivity index (χ0) is 27.9. The van der Waals surface area contributed by atoms with Crippen LogP contribution in [0, 0.1) is 0 Å². The van der Waals surface area contributed by atoms with Crippen molar-refractivity contribution in [3.63, 3.8) is 0 Å². The Labute approximate surface area is 234 Å². The number of carbonyl (C=O) groups is 1. The van der Waals surface area contributed by atoms with Crippen molar-refractivity contribution in [1.29, 1.82) is 0 Å². The number of amides is 1. The Bertz CT molecular complexity index is 1150. The second-order valence-electron chi connectivity index (χ2n) is 10.3. The molecule has 2 aromatic rings. The lowest BCUT2D eigenvalue weighted by Gasteiger charge is -2.17. The highest BCUT2D eigenvalue weighted by Crippen LogP contribution is 2.32. The molecule has 3 rings (SSSR count). The monoisotopic (exact) mass is 556 g/mol. The minimum atomic E-state index is -4.30. The predicted molar refractivity (Wildman–Crippen MR) is 157 cm³/mol. The summed E-state index contributed by atoms with van der Waals surface area (Å²) in [6, 6.07) is 12.9. The van der Waals surface area contributed by atoms with E-state index in [1.807, 2.05) is 24.3 Å². The molecule has 0 radical (unpaired) electrons. The summed E-state index contributed by atoms with van der Waals surface area (Å²) in [6.45, 7) is 2.87. The number of benzene rings is 2. The third-order valence-corrected chi connectivity index (χ3v) is 8.06. The molecule has 1 amide bonds. The van der Waals surface area contributed by atoms with Crippen molar-refractivity contribution in [1.82, 2.24) is 0 Å². The molecule has 0 aliphatic carbocycles. The van der Waals surface area contributed by atoms with Crippen LogP contribution in [-0.4, -0.2) is 31.7 Å². The first-order valence-electron chi connectivity index (χ1n) is 14.6. The lowest BCUT2D eigenvalue weighted by atomic mass is 9.99. The summed E-state index contributed by atoms with van der Waals surface area (Å²) in [6.07, 6.45) is 19.9. The number of hydrogen-bond donors (Lipinski definition) is 1. The maximum Gasteiger partial charge on any atom is 0.294 e. The number of anilines is 1. The first-order chi connectivity index (χ1) is 18.9. The van der Waals surface area contributed by atoms with Gasteiger partial charge in [-0.2, -0.15) is 13.5 Å². The second-order valence-corrected chi connectivity index (χ2v) is 11.8. The van der Waals surface area contributed by atoms with Crippen molar-refractivity contribution in [3.8, 4) is 5.75 Å². The summed E-state index contributed by atoms with van der Waals surface area (Å²) in [5.41, 5.74) is 1.18. The van der Waals surface area contributed by atoms with Gasteiger partial charge in [0.05, 0.1) is 17.2 Å². The Morgan fingerprint density at radius 2 is 1.33 bits per heavy atom. The van der Waals surface area contributed by atoms with Crippen molar-refractivity contribution < 1.29 is 22.5 Å². The fourth-order valence-corrected chi connectivity index (χ4v) is 5.38. The van der Waals surface area contributed by atoms with Crippen LogP contribution in [0.15, 0.2) is 58.5 Å². The largest absolute Gasteiger partial charge is 0.493 e. The minimum absolute atomic E-state index is 0.235. The first kappa shape index (κ1) is 30.8. The van der Waals surface area contributed by atoms with Crippen molar-refractivity contribution in [2.75, 3.05) is 11.6 Å². The molecule has 0 bridgehead atoms. The van der Waals surface area contributed by atoms with Gasteiger partial charge in [0, 0.05) is 11.8 Å². The van der Waals surface area contributed by atoms with Crippen LogP contribution in [0.3, 0.4) is 0 Å². The summed E-state index contributed by atoms with van der Waals surface area (Å²) in [5, 5.41) is 5.48. The van der Waals surface area contributed by atoms with Gasteiger partial charge in [0.25, 0.3) is 16.0 Å². The summed E-state index contributed by atoms with van der Waals surface area (Å²) in [4.78, 5) is 12.9. The molecule has 1 atom stereocenters. The average molecular weight is 557 g/mol. The number of para-hydroxylation sites is 1. The third kappa shape index (κ3) is 10.1. The molecule has 0 unspecified atom stereocenters. The van der Waals surface area contributed by atoms with E-state index in [2.05, 4.69) is 12.0 Å². The number of rotatable bonds is 19. The Balaban J connectivity index is 1.34. The summed E-state index contributed by atoms with van der Waals surface area (Å²) >= 11 is 0. The molecule has 1 aliphatic rings. The maximum absolute atomic E-state index is 13.1. The van der Waals surface area contributed by atoms with Gasteiger partial charge in [0.15, 0.2) is 0 Å². The Morgan fingerprint density at radius 3 is 1.90 bits per heavy atom. The molecule has 0 spiro atoms. The molecule has 214 valence electrons. The normalized spacial score (nSPS) is 15.3. The van der Waals surface area contributed by atoms with E-state index in [0.717, 1.165) is 18.4 Å². The number of hydrazone groups is 1. The maximum atomic E-state index is 13.1. The van der Waals surface area contributed by atoms with Gasteiger partial charge in [0.2, 0.25) is 0 Å². The van der Waals surface area contributed by atoms with E-state index in [-0.39, 0.29) is 10.8 Å². The van der Waals surface area contributed by atoms with Crippen LogP contribution in [0.4, 0.5) is 5.69 Å². The molecule has 39 heavy (non-hydrogen) atoms. The van der Waals surface area contributed by atoms with E-state index in [4.69, 9.17) is 4.74 Å². The predicted octanol–water partition coefficient (Wildman–Crippen LogP) is 7.91. The standard InChI is InChI=1S/C31H44N2O5S/c1-2-3-4-5-6-7-8-9-10-11-12-13-14-17-24-38-30-19-16-15-18-28(30)29-25-32-33(31(29)34)26-20-22-27(23-21-26)39(35,36)37/h15-16,18-23,25,29H,2-14,17,24H2,1H3,(H,35,36,37)/t29-/m0/s1. The number of carbonyl (C=O) groups excluding carboxylic acids is 1. The molecular weight excluding hydrogens is 512 g/mol. The van der Waals surface area contributed by atoms with Crippen LogP contribution in [0.25, 0.3) is 0 Å². The molecule has 7 nitrogen and oxygen atoms in total. The Morgan fingerprint density at radius 1 is 0.795 bits per heavy atom. The molecule has 2 aromatic carbocycles. The van der Waals surface area contributed by atoms with Crippen molar-refractivity contribution in [3.05, 3.63) is 54.1 Å². The van der Waals surface area contributed by atoms with Crippen LogP contribution < -0.4 is 9.75 Å². The molecular formula is C31H44N2O5S. The first-order valence-corrected chi connectivity index (χ1v) is 16.0. The van der Waals surface area contributed by atoms with Gasteiger partial charge in [0.1, 0.15) is 11.7 Å². The molecule has 1 N–H and O–H groups in total. The molecule has 0 aromatic heterocycles. The van der Waals surface area contributed by atoms with Gasteiger partial charge in [-0.3, -0.25) is 9.35 Å². The zero-order valence-corrected chi connectivity index (χ0v) is 24.1. The molecule has 1 aliphatic heterocycles. The summed E-state index contributed by atoms with van der Waals surface area (Å²) in [7, 11) is -4.30. The molecule has 0 fully saturated rings. The fourth-order valence-electron chi connectivity index (χ4n) is 4.90. The van der Waals surface area contributed by atoms with Gasteiger partial charge >= 0.3 is 0 Å². The smallest absolute Gasteiger partial charge is 0.294 e. The van der Waals surface area contributed by atoms with Crippen LogP contribution in [0.1, 0.15) is 108 Å². The number of ether oxygens (including phenoxy) is 1. The van der Waals surface area contributed by atoms with Gasteiger partial charge < -0.3 is 4.74 Å². The van der Waals surface area contributed by atoms with Gasteiger partial charge in [-0.05, 0) is 36.8 Å². The minimum Gasteiger partial charge on any atom is -0.493 e. The van der Waals surface area contributed by atoms with E-state index in [1.54, 1.807) is 6.21 Å². The number of unbranched alkanes of at least 4 members (excludes halogenated alkanes) is 13. The van der Waals surface area contributed by atoms with Crippen molar-refractivity contribution in [2.45, 2.75) is 108 Å².